The van der Waals surface area contributed by atoms with E-state index in [0.717, 1.165) is 15.4 Å². The highest BCUT2D eigenvalue weighted by molar-refractivity contribution is 7.89. The molecule has 1 aromatic heterocycles. The summed E-state index contributed by atoms with van der Waals surface area (Å²) in [5.41, 5.74) is 1.83. The number of hydrogen-bond acceptors (Lipinski definition) is 6. The van der Waals surface area contributed by atoms with Crippen molar-refractivity contribution in [1.82, 2.24) is 19.8 Å². The molecule has 0 radical (unpaired) electrons. The molecule has 0 saturated carbocycles. The Labute approximate surface area is 173 Å². The zero-order chi connectivity index (χ0) is 21.0. The lowest BCUT2D eigenvalue weighted by Gasteiger charge is -2.16. The van der Waals surface area contributed by atoms with Crippen LogP contribution in [0.5, 0.6) is 0 Å². The fourth-order valence-electron chi connectivity index (χ4n) is 2.56. The Hall–Kier alpha value is -2.75. The predicted molar refractivity (Wildman–Crippen MR) is 108 cm³/mol. The average Bonchev–Trinajstić information content (AvgIpc) is 3.16. The van der Waals surface area contributed by atoms with Gasteiger partial charge in [-0.25, -0.2) is 8.42 Å². The molecule has 10 heteroatoms. The van der Waals surface area contributed by atoms with Crippen LogP contribution < -0.4 is 5.32 Å². The molecule has 0 bridgehead atoms. The number of likely N-dealkylation sites (N-methyl/N-ethyl adjacent to an activating group) is 1. The molecule has 0 saturated heterocycles. The molecular weight excluding hydrogens is 416 g/mol. The molecule has 0 fully saturated rings. The summed E-state index contributed by atoms with van der Waals surface area (Å²) in [6, 6.07) is 13.3. The molecule has 3 aromatic rings. The molecule has 0 atom stereocenters. The summed E-state index contributed by atoms with van der Waals surface area (Å²) in [6.07, 6.45) is 0. The first kappa shape index (κ1) is 21.0. The van der Waals surface area contributed by atoms with E-state index in [1.165, 1.54) is 31.3 Å². The van der Waals surface area contributed by atoms with Gasteiger partial charge in [0.15, 0.2) is 0 Å². The van der Waals surface area contributed by atoms with Gasteiger partial charge in [0.25, 0.3) is 0 Å². The van der Waals surface area contributed by atoms with Crippen molar-refractivity contribution in [3.05, 3.63) is 65.0 Å². The van der Waals surface area contributed by atoms with Crippen molar-refractivity contribution in [2.75, 3.05) is 13.6 Å². The minimum absolute atomic E-state index is 0.00739. The minimum Gasteiger partial charge on any atom is -0.346 e. The number of carbonyl (C=O) groups excluding carboxylic acids is 1. The number of rotatable bonds is 7. The van der Waals surface area contributed by atoms with Crippen LogP contribution in [0.2, 0.25) is 5.02 Å². The second-order valence-corrected chi connectivity index (χ2v) is 8.80. The van der Waals surface area contributed by atoms with Crippen LogP contribution >= 0.6 is 11.6 Å². The molecule has 0 aliphatic carbocycles. The molecule has 3 rings (SSSR count). The highest BCUT2D eigenvalue weighted by Crippen LogP contribution is 2.20. The zero-order valence-electron chi connectivity index (χ0n) is 15.8. The number of aromatic nitrogens is 2. The van der Waals surface area contributed by atoms with Crippen LogP contribution in [0.1, 0.15) is 11.5 Å². The number of carbonyl (C=O) groups is 1. The maximum Gasteiger partial charge on any atom is 0.246 e. The summed E-state index contributed by atoms with van der Waals surface area (Å²) < 4.78 is 31.1. The topological polar surface area (TPSA) is 105 Å². The summed E-state index contributed by atoms with van der Waals surface area (Å²) in [4.78, 5) is 16.5. The molecular formula is C19H19ClN4O4S. The van der Waals surface area contributed by atoms with Crippen molar-refractivity contribution in [2.45, 2.75) is 18.4 Å². The van der Waals surface area contributed by atoms with Gasteiger partial charge in [-0.15, -0.1) is 0 Å². The lowest BCUT2D eigenvalue weighted by Crippen LogP contribution is -2.38. The first-order valence-corrected chi connectivity index (χ1v) is 10.5. The monoisotopic (exact) mass is 434 g/mol. The zero-order valence-corrected chi connectivity index (χ0v) is 17.4. The summed E-state index contributed by atoms with van der Waals surface area (Å²) in [5.74, 6) is 0.148. The first-order chi connectivity index (χ1) is 13.8. The van der Waals surface area contributed by atoms with Crippen molar-refractivity contribution in [2.24, 2.45) is 0 Å². The van der Waals surface area contributed by atoms with E-state index < -0.39 is 15.9 Å². The lowest BCUT2D eigenvalue weighted by molar-refractivity contribution is -0.121. The highest BCUT2D eigenvalue weighted by Gasteiger charge is 2.23. The van der Waals surface area contributed by atoms with E-state index in [0.29, 0.717) is 10.8 Å². The molecule has 8 nitrogen and oxygen atoms in total. The van der Waals surface area contributed by atoms with Crippen LogP contribution in [-0.4, -0.2) is 42.4 Å². The second-order valence-electron chi connectivity index (χ2n) is 6.32. The van der Waals surface area contributed by atoms with Gasteiger partial charge in [0, 0.05) is 17.6 Å². The number of nitrogens with one attached hydrogen (secondary N) is 1. The van der Waals surface area contributed by atoms with Crippen LogP contribution in [-0.2, 0) is 21.4 Å². The molecule has 0 aliphatic rings. The van der Waals surface area contributed by atoms with E-state index in [1.54, 1.807) is 0 Å². The Morgan fingerprint density at radius 2 is 1.86 bits per heavy atom. The number of aryl methyl sites for hydroxylation is 1. The van der Waals surface area contributed by atoms with Gasteiger partial charge >= 0.3 is 0 Å². The Morgan fingerprint density at radius 1 is 1.17 bits per heavy atom. The minimum atomic E-state index is -3.81. The predicted octanol–water partition coefficient (Wildman–Crippen LogP) is 2.64. The average molecular weight is 435 g/mol. The Kier molecular flexibility index (Phi) is 6.31. The van der Waals surface area contributed by atoms with Crippen molar-refractivity contribution in [1.29, 1.82) is 0 Å². The van der Waals surface area contributed by atoms with E-state index in [-0.39, 0.29) is 23.9 Å². The smallest absolute Gasteiger partial charge is 0.246 e. The van der Waals surface area contributed by atoms with Crippen LogP contribution in [0, 0.1) is 6.92 Å². The number of halogens is 1. The SMILES string of the molecule is Cc1ccccc1-c1noc(CNC(=O)CN(C)S(=O)(=O)c2ccc(Cl)cc2)n1. The third-order valence-electron chi connectivity index (χ3n) is 4.18. The second kappa shape index (κ2) is 8.73. The Morgan fingerprint density at radius 3 is 2.55 bits per heavy atom. The maximum absolute atomic E-state index is 12.5. The number of benzene rings is 2. The van der Waals surface area contributed by atoms with E-state index >= 15 is 0 Å². The molecule has 152 valence electrons. The van der Waals surface area contributed by atoms with Gasteiger partial charge in [-0.2, -0.15) is 9.29 Å². The Balaban J connectivity index is 1.59. The number of nitrogens with zero attached hydrogens (tertiary/aromatic N) is 3. The van der Waals surface area contributed by atoms with E-state index in [4.69, 9.17) is 16.1 Å². The van der Waals surface area contributed by atoms with Crippen molar-refractivity contribution in [3.63, 3.8) is 0 Å². The molecule has 29 heavy (non-hydrogen) atoms. The van der Waals surface area contributed by atoms with Gasteiger partial charge in [0.2, 0.25) is 27.6 Å². The van der Waals surface area contributed by atoms with Gasteiger partial charge in [-0.05, 0) is 36.8 Å². The molecule has 1 N–H and O–H groups in total. The largest absolute Gasteiger partial charge is 0.346 e. The molecule has 2 aromatic carbocycles. The van der Waals surface area contributed by atoms with Crippen molar-refractivity contribution < 1.29 is 17.7 Å². The maximum atomic E-state index is 12.5. The van der Waals surface area contributed by atoms with Gasteiger partial charge in [-0.3, -0.25) is 4.79 Å². The van der Waals surface area contributed by atoms with Gasteiger partial charge in [0.1, 0.15) is 0 Å². The first-order valence-electron chi connectivity index (χ1n) is 8.64. The summed E-state index contributed by atoms with van der Waals surface area (Å²) in [6.45, 7) is 1.57. The normalized spacial score (nSPS) is 11.6. The standard InChI is InChI=1S/C19H19ClN4O4S/c1-13-5-3-4-6-16(13)19-22-18(28-23-19)11-21-17(25)12-24(2)29(26,27)15-9-7-14(20)8-10-15/h3-10H,11-12H2,1-2H3,(H,21,25). The summed E-state index contributed by atoms with van der Waals surface area (Å²) >= 11 is 5.78. The number of hydrogen-bond donors (Lipinski definition) is 1. The molecule has 0 spiro atoms. The fraction of sp³-hybridized carbons (Fsp3) is 0.211. The lowest BCUT2D eigenvalue weighted by atomic mass is 10.1. The fourth-order valence-corrected chi connectivity index (χ4v) is 3.82. The van der Waals surface area contributed by atoms with Crippen LogP contribution in [0.25, 0.3) is 11.4 Å². The third kappa shape index (κ3) is 5.00. The van der Waals surface area contributed by atoms with Gasteiger partial charge < -0.3 is 9.84 Å². The van der Waals surface area contributed by atoms with Crippen molar-refractivity contribution in [3.8, 4) is 11.4 Å². The van der Waals surface area contributed by atoms with E-state index in [9.17, 15) is 13.2 Å². The van der Waals surface area contributed by atoms with Crippen LogP contribution in [0.15, 0.2) is 57.9 Å². The molecule has 0 unspecified atom stereocenters. The quantitative estimate of drug-likeness (QED) is 0.612. The molecule has 0 aliphatic heterocycles. The van der Waals surface area contributed by atoms with E-state index in [1.807, 2.05) is 31.2 Å². The van der Waals surface area contributed by atoms with Crippen LogP contribution in [0.3, 0.4) is 0 Å². The molecule has 1 heterocycles. The van der Waals surface area contributed by atoms with Gasteiger partial charge in [0.05, 0.1) is 18.0 Å². The third-order valence-corrected chi connectivity index (χ3v) is 6.25. The Bertz CT molecular complexity index is 1110. The highest BCUT2D eigenvalue weighted by atomic mass is 35.5. The summed E-state index contributed by atoms with van der Waals surface area (Å²) in [7, 11) is -2.48. The number of amides is 1. The van der Waals surface area contributed by atoms with Crippen LogP contribution in [0.4, 0.5) is 0 Å². The number of sulfonamides is 1. The van der Waals surface area contributed by atoms with Gasteiger partial charge in [-0.1, -0.05) is 41.0 Å². The summed E-state index contributed by atoms with van der Waals surface area (Å²) in [5, 5.41) is 6.92. The van der Waals surface area contributed by atoms with Crippen molar-refractivity contribution >= 4 is 27.5 Å². The van der Waals surface area contributed by atoms with E-state index in [2.05, 4.69) is 15.5 Å². The molecule has 1 amide bonds.